The summed E-state index contributed by atoms with van der Waals surface area (Å²) in [5.41, 5.74) is 0. The fraction of sp³-hybridized carbons (Fsp3) is 0.667. The van der Waals surface area contributed by atoms with Crippen LogP contribution in [0, 0.1) is 0 Å². The van der Waals surface area contributed by atoms with Crippen molar-refractivity contribution in [3.05, 3.63) is 12.0 Å². The fourth-order valence-corrected chi connectivity index (χ4v) is 1.79. The SMILES string of the molecule is C=CS(=O)(=O)C(F)(F)C(F)(F)C(F)(F)C(F)(F)S(=O)[O-]. The summed E-state index contributed by atoms with van der Waals surface area (Å²) in [6, 6.07) is 0. The lowest BCUT2D eigenvalue weighted by Gasteiger charge is -2.36. The Balaban J connectivity index is 6.26. The summed E-state index contributed by atoms with van der Waals surface area (Å²) in [6.45, 7) is 2.14. The maximum absolute atomic E-state index is 12.8. The molecule has 0 fully saturated rings. The van der Waals surface area contributed by atoms with E-state index in [9.17, 15) is 52.3 Å². The molecule has 4 nitrogen and oxygen atoms in total. The minimum atomic E-state index is -7.23. The Hall–Kier alpha value is -0.760. The molecule has 0 aliphatic heterocycles. The number of sulfone groups is 1. The lowest BCUT2D eigenvalue weighted by Crippen LogP contribution is -2.65. The number of hydrogen-bond donors (Lipinski definition) is 0. The summed E-state index contributed by atoms with van der Waals surface area (Å²) >= 11 is -5.22. The van der Waals surface area contributed by atoms with Crippen LogP contribution in [0.4, 0.5) is 35.1 Å². The smallest absolute Gasteiger partial charge is 0.417 e. The van der Waals surface area contributed by atoms with Gasteiger partial charge in [-0.2, -0.15) is 35.1 Å². The second-order valence-corrected chi connectivity index (χ2v) is 6.05. The van der Waals surface area contributed by atoms with Crippen LogP contribution in [0.5, 0.6) is 0 Å². The van der Waals surface area contributed by atoms with Crippen LogP contribution in [0.1, 0.15) is 0 Å². The molecule has 120 valence electrons. The van der Waals surface area contributed by atoms with Crippen LogP contribution in [0.3, 0.4) is 0 Å². The zero-order valence-corrected chi connectivity index (χ0v) is 10.4. The molecule has 0 rings (SSSR count). The van der Waals surface area contributed by atoms with Crippen molar-refractivity contribution in [1.29, 1.82) is 0 Å². The molecule has 20 heavy (non-hydrogen) atoms. The van der Waals surface area contributed by atoms with E-state index in [-0.39, 0.29) is 0 Å². The first-order valence-electron chi connectivity index (χ1n) is 3.98. The molecule has 14 heteroatoms. The highest BCUT2D eigenvalue weighted by molar-refractivity contribution is 7.95. The molecule has 0 aromatic heterocycles. The van der Waals surface area contributed by atoms with Crippen molar-refractivity contribution in [3.8, 4) is 0 Å². The first-order valence-corrected chi connectivity index (χ1v) is 6.60. The molecule has 0 aromatic rings. The van der Waals surface area contributed by atoms with E-state index in [1.165, 1.54) is 0 Å². The van der Waals surface area contributed by atoms with E-state index in [1.54, 1.807) is 0 Å². The predicted octanol–water partition coefficient (Wildman–Crippen LogP) is 1.88. The Kier molecular flexibility index (Phi) is 4.72. The van der Waals surface area contributed by atoms with Crippen molar-refractivity contribution in [3.63, 3.8) is 0 Å². The van der Waals surface area contributed by atoms with Gasteiger partial charge in [0.05, 0.1) is 0 Å². The van der Waals surface area contributed by atoms with Gasteiger partial charge in [-0.25, -0.2) is 8.42 Å². The number of alkyl halides is 8. The molecule has 0 saturated heterocycles. The Morgan fingerprint density at radius 3 is 1.55 bits per heavy atom. The van der Waals surface area contributed by atoms with Crippen molar-refractivity contribution < 1.29 is 52.3 Å². The standard InChI is InChI=1S/C6H4F8O4S2/c1-2-20(17,18)6(13,14)4(9,10)3(7,8)5(11,12)19(15)16/h2H,1H2,(H,15,16)/p-1. The maximum atomic E-state index is 12.8. The van der Waals surface area contributed by atoms with E-state index in [0.29, 0.717) is 0 Å². The molecular weight excluding hydrogens is 352 g/mol. The highest BCUT2D eigenvalue weighted by atomic mass is 32.2. The largest absolute Gasteiger partial charge is 0.768 e. The minimum absolute atomic E-state index is 0.858. The summed E-state index contributed by atoms with van der Waals surface area (Å²) in [5, 5.41) is -14.2. The van der Waals surface area contributed by atoms with Crippen LogP contribution in [0.15, 0.2) is 12.0 Å². The van der Waals surface area contributed by atoms with Crippen molar-refractivity contribution in [2.75, 3.05) is 0 Å². The molecule has 1 atom stereocenters. The maximum Gasteiger partial charge on any atom is 0.417 e. The topological polar surface area (TPSA) is 74.3 Å². The van der Waals surface area contributed by atoms with Gasteiger partial charge in [-0.3, -0.25) is 4.21 Å². The van der Waals surface area contributed by atoms with Gasteiger partial charge in [-0.05, 0) is 0 Å². The van der Waals surface area contributed by atoms with Crippen LogP contribution >= 0.6 is 0 Å². The van der Waals surface area contributed by atoms with E-state index in [1.807, 2.05) is 0 Å². The second kappa shape index (κ2) is 4.91. The average molecular weight is 355 g/mol. The third-order valence-electron chi connectivity index (χ3n) is 1.91. The van der Waals surface area contributed by atoms with E-state index in [0.717, 1.165) is 0 Å². The molecule has 0 aromatic carbocycles. The minimum Gasteiger partial charge on any atom is -0.768 e. The lowest BCUT2D eigenvalue weighted by atomic mass is 10.2. The number of halogens is 8. The van der Waals surface area contributed by atoms with Gasteiger partial charge >= 0.3 is 22.4 Å². The monoisotopic (exact) mass is 355 g/mol. The summed E-state index contributed by atoms with van der Waals surface area (Å²) in [4.78, 5) is 0. The van der Waals surface area contributed by atoms with E-state index in [4.69, 9.17) is 0 Å². The summed E-state index contributed by atoms with van der Waals surface area (Å²) < 4.78 is 142. The molecule has 0 spiro atoms. The van der Waals surface area contributed by atoms with Gasteiger partial charge in [0.15, 0.2) is 0 Å². The van der Waals surface area contributed by atoms with Crippen LogP contribution in [-0.4, -0.2) is 39.5 Å². The third-order valence-corrected chi connectivity index (χ3v) is 4.00. The van der Waals surface area contributed by atoms with Gasteiger partial charge in [0, 0.05) is 16.5 Å². The Morgan fingerprint density at radius 2 is 1.30 bits per heavy atom. The molecule has 0 saturated carbocycles. The van der Waals surface area contributed by atoms with E-state index >= 15 is 0 Å². The van der Waals surface area contributed by atoms with E-state index < -0.39 is 48.7 Å². The second-order valence-electron chi connectivity index (χ2n) is 3.13. The van der Waals surface area contributed by atoms with Crippen molar-refractivity contribution in [2.45, 2.75) is 22.4 Å². The first kappa shape index (κ1) is 19.2. The van der Waals surface area contributed by atoms with E-state index in [2.05, 4.69) is 6.58 Å². The van der Waals surface area contributed by atoms with Gasteiger partial charge in [-0.1, -0.05) is 6.58 Å². The van der Waals surface area contributed by atoms with Crippen LogP contribution < -0.4 is 0 Å². The van der Waals surface area contributed by atoms with Crippen LogP contribution in [0.25, 0.3) is 0 Å². The Bertz CT molecular complexity index is 525. The molecule has 0 bridgehead atoms. The molecule has 1 unspecified atom stereocenters. The number of hydrogen-bond acceptors (Lipinski definition) is 4. The summed E-state index contributed by atoms with van der Waals surface area (Å²) in [5.74, 6) is -14.4. The van der Waals surface area contributed by atoms with Crippen LogP contribution in [0.2, 0.25) is 0 Å². The molecule has 0 aliphatic carbocycles. The molecule has 0 radical (unpaired) electrons. The highest BCUT2D eigenvalue weighted by Crippen LogP contribution is 2.55. The van der Waals surface area contributed by atoms with Crippen LogP contribution in [-0.2, 0) is 20.9 Å². The average Bonchev–Trinajstić information content (AvgIpc) is 2.27. The predicted molar refractivity (Wildman–Crippen MR) is 47.8 cm³/mol. The molecular formula is C6H3F8O4S2-. The van der Waals surface area contributed by atoms with Gasteiger partial charge in [-0.15, -0.1) is 0 Å². The van der Waals surface area contributed by atoms with Crippen molar-refractivity contribution in [2.24, 2.45) is 0 Å². The van der Waals surface area contributed by atoms with Gasteiger partial charge in [0.2, 0.25) is 9.84 Å². The zero-order valence-electron chi connectivity index (χ0n) is 8.76. The zero-order chi connectivity index (χ0) is 16.8. The molecule has 0 amide bonds. The third kappa shape index (κ3) is 2.32. The normalized spacial score (nSPS) is 16.9. The van der Waals surface area contributed by atoms with Gasteiger partial charge < -0.3 is 4.55 Å². The quantitative estimate of drug-likeness (QED) is 0.539. The van der Waals surface area contributed by atoms with Crippen molar-refractivity contribution >= 4 is 20.9 Å². The van der Waals surface area contributed by atoms with Gasteiger partial charge in [0.1, 0.15) is 0 Å². The molecule has 0 aliphatic rings. The van der Waals surface area contributed by atoms with Crippen molar-refractivity contribution in [1.82, 2.24) is 0 Å². The Labute approximate surface area is 108 Å². The highest BCUT2D eigenvalue weighted by Gasteiger charge is 2.84. The molecule has 0 heterocycles. The summed E-state index contributed by atoms with van der Waals surface area (Å²) in [7, 11) is -6.46. The summed E-state index contributed by atoms with van der Waals surface area (Å²) in [6.07, 6.45) is 0. The fourth-order valence-electron chi connectivity index (χ4n) is 0.754. The Morgan fingerprint density at radius 1 is 0.950 bits per heavy atom. The number of rotatable bonds is 6. The first-order chi connectivity index (χ1) is 8.50. The lowest BCUT2D eigenvalue weighted by molar-refractivity contribution is -0.325. The van der Waals surface area contributed by atoms with Gasteiger partial charge in [0.25, 0.3) is 0 Å². The molecule has 0 N–H and O–H groups in total.